The Labute approximate surface area is 148 Å². The summed E-state index contributed by atoms with van der Waals surface area (Å²) < 4.78 is 15.7. The van der Waals surface area contributed by atoms with Crippen molar-refractivity contribution < 1.29 is 23.8 Å². The van der Waals surface area contributed by atoms with Crippen LogP contribution < -0.4 is 5.32 Å². The average Bonchev–Trinajstić information content (AvgIpc) is 3.36. The number of amides is 1. The van der Waals surface area contributed by atoms with Gasteiger partial charge in [-0.05, 0) is 30.9 Å². The van der Waals surface area contributed by atoms with E-state index in [9.17, 15) is 9.59 Å². The van der Waals surface area contributed by atoms with Gasteiger partial charge in [0.1, 0.15) is 0 Å². The van der Waals surface area contributed by atoms with E-state index in [1.807, 2.05) is 12.1 Å². The summed E-state index contributed by atoms with van der Waals surface area (Å²) in [7, 11) is 0. The number of aromatic nitrogens is 1. The molecule has 0 unspecified atom stereocenters. The number of hydrogen-bond donors (Lipinski definition) is 1. The number of carbonyl (C=O) groups excluding carboxylic acids is 2. The summed E-state index contributed by atoms with van der Waals surface area (Å²) >= 11 is 0. The zero-order valence-corrected chi connectivity index (χ0v) is 14.9. The van der Waals surface area contributed by atoms with Crippen LogP contribution in [0.1, 0.15) is 32.8 Å². The lowest BCUT2D eigenvalue weighted by molar-refractivity contribution is -0.144. The molecule has 1 aliphatic rings. The fraction of sp³-hybridized carbons (Fsp3) is 0.611. The molecule has 2 rings (SSSR count). The Balaban J connectivity index is 1.79. The van der Waals surface area contributed by atoms with Crippen molar-refractivity contribution in [1.29, 1.82) is 0 Å². The number of rotatable bonds is 10. The Morgan fingerprint density at radius 1 is 1.36 bits per heavy atom. The van der Waals surface area contributed by atoms with E-state index in [1.165, 1.54) is 0 Å². The van der Waals surface area contributed by atoms with Gasteiger partial charge in [0.2, 0.25) is 0 Å². The van der Waals surface area contributed by atoms with Crippen molar-refractivity contribution in [3.63, 3.8) is 0 Å². The topological polar surface area (TPSA) is 90.0 Å². The van der Waals surface area contributed by atoms with Gasteiger partial charge < -0.3 is 19.5 Å². The quantitative estimate of drug-likeness (QED) is 0.507. The number of hydrogen-bond acceptors (Lipinski definition) is 6. The van der Waals surface area contributed by atoms with Crippen LogP contribution >= 0.6 is 0 Å². The van der Waals surface area contributed by atoms with Gasteiger partial charge in [-0.15, -0.1) is 0 Å². The zero-order valence-electron chi connectivity index (χ0n) is 14.9. The molecule has 0 saturated carbocycles. The summed E-state index contributed by atoms with van der Waals surface area (Å²) in [6.07, 6.45) is 2.69. The van der Waals surface area contributed by atoms with Crippen molar-refractivity contribution >= 4 is 11.9 Å². The molecule has 0 bridgehead atoms. The lowest BCUT2D eigenvalue weighted by Crippen LogP contribution is -2.42. The minimum atomic E-state index is -0.782. The highest BCUT2D eigenvalue weighted by Crippen LogP contribution is 2.24. The molecule has 1 aromatic rings. The van der Waals surface area contributed by atoms with Gasteiger partial charge in [0, 0.05) is 12.4 Å². The van der Waals surface area contributed by atoms with Crippen molar-refractivity contribution in [3.8, 4) is 0 Å². The first-order chi connectivity index (χ1) is 12.0. The van der Waals surface area contributed by atoms with Gasteiger partial charge in [-0.1, -0.05) is 19.9 Å². The molecule has 0 aromatic carbocycles. The summed E-state index contributed by atoms with van der Waals surface area (Å²) in [4.78, 5) is 27.8. The van der Waals surface area contributed by atoms with Crippen LogP contribution in [0.15, 0.2) is 24.5 Å². The van der Waals surface area contributed by atoms with Gasteiger partial charge in [0.05, 0.1) is 25.9 Å². The molecule has 1 aromatic heterocycles. The maximum atomic E-state index is 12.2. The first-order valence-electron chi connectivity index (χ1n) is 8.60. The molecule has 1 aliphatic heterocycles. The fourth-order valence-corrected chi connectivity index (χ4v) is 2.54. The van der Waals surface area contributed by atoms with E-state index in [4.69, 9.17) is 14.2 Å². The first-order valence-corrected chi connectivity index (χ1v) is 8.60. The van der Waals surface area contributed by atoms with E-state index < -0.39 is 18.2 Å². The number of epoxide rings is 1. The maximum Gasteiger partial charge on any atom is 0.338 e. The lowest BCUT2D eigenvalue weighted by Gasteiger charge is -2.20. The Hall–Kier alpha value is -1.99. The fourth-order valence-electron chi connectivity index (χ4n) is 2.54. The lowest BCUT2D eigenvalue weighted by atomic mass is 10.0. The minimum absolute atomic E-state index is 0.142. The van der Waals surface area contributed by atoms with Crippen molar-refractivity contribution in [1.82, 2.24) is 10.3 Å². The van der Waals surface area contributed by atoms with Gasteiger partial charge in [-0.3, -0.25) is 9.78 Å². The number of esters is 1. The van der Waals surface area contributed by atoms with Gasteiger partial charge >= 0.3 is 5.97 Å². The molecule has 7 nitrogen and oxygen atoms in total. The molecular weight excluding hydrogens is 324 g/mol. The molecule has 1 fully saturated rings. The third kappa shape index (κ3) is 6.43. The molecule has 138 valence electrons. The molecule has 0 spiro atoms. The van der Waals surface area contributed by atoms with Crippen LogP contribution in [0.3, 0.4) is 0 Å². The Morgan fingerprint density at radius 2 is 2.16 bits per heavy atom. The van der Waals surface area contributed by atoms with Crippen molar-refractivity contribution in [2.45, 2.75) is 52.0 Å². The molecule has 1 saturated heterocycles. The van der Waals surface area contributed by atoms with Crippen molar-refractivity contribution in [2.24, 2.45) is 5.92 Å². The van der Waals surface area contributed by atoms with Crippen LogP contribution in [0.4, 0.5) is 0 Å². The average molecular weight is 350 g/mol. The van der Waals surface area contributed by atoms with Crippen LogP contribution in [-0.4, -0.2) is 48.3 Å². The van der Waals surface area contributed by atoms with E-state index in [0.29, 0.717) is 19.1 Å². The van der Waals surface area contributed by atoms with Crippen LogP contribution in [0.25, 0.3) is 0 Å². The molecule has 25 heavy (non-hydrogen) atoms. The second-order valence-electron chi connectivity index (χ2n) is 6.44. The predicted octanol–water partition coefficient (Wildman–Crippen LogP) is 1.46. The number of ether oxygens (including phenoxy) is 3. The van der Waals surface area contributed by atoms with Crippen molar-refractivity contribution in [3.05, 3.63) is 30.1 Å². The van der Waals surface area contributed by atoms with Crippen LogP contribution in [-0.2, 0) is 30.4 Å². The molecule has 1 amide bonds. The van der Waals surface area contributed by atoms with Gasteiger partial charge in [0.25, 0.3) is 5.91 Å². The Morgan fingerprint density at radius 3 is 2.80 bits per heavy atom. The monoisotopic (exact) mass is 350 g/mol. The number of carbonyl (C=O) groups is 2. The second-order valence-corrected chi connectivity index (χ2v) is 6.44. The molecule has 0 aliphatic carbocycles. The Bertz CT molecular complexity index is 564. The molecule has 1 N–H and O–H groups in total. The third-order valence-electron chi connectivity index (χ3n) is 3.68. The summed E-state index contributed by atoms with van der Waals surface area (Å²) in [5.74, 6) is -0.391. The number of pyridine rings is 1. The van der Waals surface area contributed by atoms with Gasteiger partial charge in [0.15, 0.2) is 12.2 Å². The highest BCUT2D eigenvalue weighted by Gasteiger charge is 2.51. The standard InChI is InChI=1S/C18H26N2O5/c1-4-24-18(22)16-15(25-16)17(21)20-14(8-12(2)3)11-23-10-13-6-5-7-19-9-13/h5-7,9,12,14-16H,4,8,10-11H2,1-3H3,(H,20,21)/t14-,15-,16-/m0/s1. The SMILES string of the molecule is CCOC(=O)[C@H]1O[C@@H]1C(=O)N[C@H](COCc1cccnc1)CC(C)C. The normalized spacial score (nSPS) is 20.2. The molecule has 7 heteroatoms. The summed E-state index contributed by atoms with van der Waals surface area (Å²) in [6, 6.07) is 3.65. The van der Waals surface area contributed by atoms with E-state index >= 15 is 0 Å². The third-order valence-corrected chi connectivity index (χ3v) is 3.68. The highest BCUT2D eigenvalue weighted by molar-refractivity contribution is 5.92. The number of nitrogens with zero attached hydrogens (tertiary/aromatic N) is 1. The Kier molecular flexibility index (Phi) is 7.33. The largest absolute Gasteiger partial charge is 0.464 e. The van der Waals surface area contributed by atoms with E-state index in [-0.39, 0.29) is 18.6 Å². The van der Waals surface area contributed by atoms with E-state index in [2.05, 4.69) is 24.1 Å². The molecule has 0 radical (unpaired) electrons. The number of nitrogens with one attached hydrogen (secondary N) is 1. The molecular formula is C18H26N2O5. The first kappa shape index (κ1) is 19.3. The summed E-state index contributed by atoms with van der Waals surface area (Å²) in [6.45, 7) is 6.96. The van der Waals surface area contributed by atoms with Gasteiger partial charge in [-0.2, -0.15) is 0 Å². The van der Waals surface area contributed by atoms with Crippen LogP contribution in [0.5, 0.6) is 0 Å². The molecule has 2 heterocycles. The summed E-state index contributed by atoms with van der Waals surface area (Å²) in [5, 5.41) is 2.91. The van der Waals surface area contributed by atoms with Gasteiger partial charge in [-0.25, -0.2) is 4.79 Å². The minimum Gasteiger partial charge on any atom is -0.464 e. The molecule has 3 atom stereocenters. The highest BCUT2D eigenvalue weighted by atomic mass is 16.6. The smallest absolute Gasteiger partial charge is 0.338 e. The van der Waals surface area contributed by atoms with Crippen LogP contribution in [0.2, 0.25) is 0 Å². The summed E-state index contributed by atoms with van der Waals surface area (Å²) in [5.41, 5.74) is 0.977. The second kappa shape index (κ2) is 9.48. The maximum absolute atomic E-state index is 12.2. The zero-order chi connectivity index (χ0) is 18.2. The van der Waals surface area contributed by atoms with E-state index in [1.54, 1.807) is 19.3 Å². The van der Waals surface area contributed by atoms with E-state index in [0.717, 1.165) is 12.0 Å². The van der Waals surface area contributed by atoms with Crippen LogP contribution in [0, 0.1) is 5.92 Å². The van der Waals surface area contributed by atoms with Crippen molar-refractivity contribution in [2.75, 3.05) is 13.2 Å². The predicted molar refractivity (Wildman–Crippen MR) is 90.6 cm³/mol.